The molecule has 0 aliphatic rings. The lowest BCUT2D eigenvalue weighted by molar-refractivity contribution is -0.141. The van der Waals surface area contributed by atoms with Crippen LogP contribution in [0.4, 0.5) is 0 Å². The van der Waals surface area contributed by atoms with Crippen LogP contribution in [-0.2, 0) is 9.53 Å². The molecule has 0 radical (unpaired) electrons. The SMILES string of the molecule is CCOc1ccccc1C(=O)NCC(=O)OCCSc1ccc(Cl)cc1. The number of esters is 1. The third kappa shape index (κ3) is 6.61. The van der Waals surface area contributed by atoms with Crippen LogP contribution in [0.15, 0.2) is 53.4 Å². The number of rotatable bonds is 9. The van der Waals surface area contributed by atoms with Crippen molar-refractivity contribution < 1.29 is 19.1 Å². The van der Waals surface area contributed by atoms with Gasteiger partial charge in [0.2, 0.25) is 0 Å². The summed E-state index contributed by atoms with van der Waals surface area (Å²) < 4.78 is 10.5. The van der Waals surface area contributed by atoms with Crippen LogP contribution in [0.25, 0.3) is 0 Å². The summed E-state index contributed by atoms with van der Waals surface area (Å²) in [6.45, 7) is 2.37. The maximum absolute atomic E-state index is 12.2. The van der Waals surface area contributed by atoms with Gasteiger partial charge >= 0.3 is 5.97 Å². The highest BCUT2D eigenvalue weighted by Gasteiger charge is 2.13. The van der Waals surface area contributed by atoms with E-state index in [1.165, 1.54) is 0 Å². The van der Waals surface area contributed by atoms with Gasteiger partial charge in [-0.2, -0.15) is 0 Å². The summed E-state index contributed by atoms with van der Waals surface area (Å²) in [6.07, 6.45) is 0. The van der Waals surface area contributed by atoms with Gasteiger partial charge in [-0.15, -0.1) is 11.8 Å². The molecule has 0 spiro atoms. The molecule has 138 valence electrons. The van der Waals surface area contributed by atoms with Crippen molar-refractivity contribution in [3.63, 3.8) is 0 Å². The average molecular weight is 394 g/mol. The lowest BCUT2D eigenvalue weighted by Crippen LogP contribution is -2.31. The first-order valence-corrected chi connectivity index (χ1v) is 9.50. The van der Waals surface area contributed by atoms with Crippen LogP contribution >= 0.6 is 23.4 Å². The van der Waals surface area contributed by atoms with Crippen molar-refractivity contribution in [3.05, 3.63) is 59.1 Å². The first-order valence-electron chi connectivity index (χ1n) is 8.14. The number of amides is 1. The van der Waals surface area contributed by atoms with E-state index in [0.717, 1.165) is 4.90 Å². The number of halogens is 1. The number of hydrogen-bond donors (Lipinski definition) is 1. The van der Waals surface area contributed by atoms with Crippen LogP contribution in [0, 0.1) is 0 Å². The molecule has 7 heteroatoms. The quantitative estimate of drug-likeness (QED) is 0.398. The summed E-state index contributed by atoms with van der Waals surface area (Å²) in [5.41, 5.74) is 0.389. The number of hydrogen-bond acceptors (Lipinski definition) is 5. The van der Waals surface area contributed by atoms with Crippen molar-refractivity contribution in [3.8, 4) is 5.75 Å². The van der Waals surface area contributed by atoms with Crippen LogP contribution in [0.1, 0.15) is 17.3 Å². The van der Waals surface area contributed by atoms with E-state index in [0.29, 0.717) is 28.7 Å². The molecule has 5 nitrogen and oxygen atoms in total. The lowest BCUT2D eigenvalue weighted by atomic mass is 10.2. The highest BCUT2D eigenvalue weighted by atomic mass is 35.5. The highest BCUT2D eigenvalue weighted by Crippen LogP contribution is 2.20. The number of para-hydroxylation sites is 1. The Morgan fingerprint density at radius 3 is 2.58 bits per heavy atom. The van der Waals surface area contributed by atoms with Gasteiger partial charge < -0.3 is 14.8 Å². The van der Waals surface area contributed by atoms with E-state index >= 15 is 0 Å². The molecule has 0 saturated heterocycles. The van der Waals surface area contributed by atoms with E-state index in [1.807, 2.05) is 31.2 Å². The molecule has 0 unspecified atom stereocenters. The highest BCUT2D eigenvalue weighted by molar-refractivity contribution is 7.99. The summed E-state index contributed by atoms with van der Waals surface area (Å²) >= 11 is 7.39. The van der Waals surface area contributed by atoms with Gasteiger partial charge in [-0.1, -0.05) is 23.7 Å². The second-order valence-electron chi connectivity index (χ2n) is 5.13. The van der Waals surface area contributed by atoms with Gasteiger partial charge in [-0.3, -0.25) is 9.59 Å². The van der Waals surface area contributed by atoms with Crippen molar-refractivity contribution in [1.82, 2.24) is 5.32 Å². The fourth-order valence-corrected chi connectivity index (χ4v) is 2.94. The minimum Gasteiger partial charge on any atom is -0.493 e. The largest absolute Gasteiger partial charge is 0.493 e. The number of thioether (sulfide) groups is 1. The Balaban J connectivity index is 1.70. The Morgan fingerprint density at radius 2 is 1.85 bits per heavy atom. The number of carbonyl (C=O) groups is 2. The molecule has 0 aromatic heterocycles. The Hall–Kier alpha value is -2.18. The number of carbonyl (C=O) groups excluding carboxylic acids is 2. The van der Waals surface area contributed by atoms with Crippen LogP contribution in [0.5, 0.6) is 5.75 Å². The Labute approximate surface area is 162 Å². The summed E-state index contributed by atoms with van der Waals surface area (Å²) in [6, 6.07) is 14.3. The second kappa shape index (κ2) is 10.7. The zero-order valence-electron chi connectivity index (χ0n) is 14.4. The van der Waals surface area contributed by atoms with Crippen LogP contribution < -0.4 is 10.1 Å². The van der Waals surface area contributed by atoms with Gasteiger partial charge in [0.25, 0.3) is 5.91 Å². The van der Waals surface area contributed by atoms with Gasteiger partial charge in [-0.05, 0) is 43.3 Å². The molecule has 0 aliphatic heterocycles. The predicted molar refractivity (Wildman–Crippen MR) is 103 cm³/mol. The molecule has 0 aliphatic carbocycles. The zero-order chi connectivity index (χ0) is 18.8. The Morgan fingerprint density at radius 1 is 1.12 bits per heavy atom. The molecule has 1 amide bonds. The molecule has 26 heavy (non-hydrogen) atoms. The maximum atomic E-state index is 12.2. The molecular weight excluding hydrogens is 374 g/mol. The third-order valence-corrected chi connectivity index (χ3v) is 4.48. The minimum atomic E-state index is -0.482. The summed E-state index contributed by atoms with van der Waals surface area (Å²) in [5.74, 6) is 0.250. The van der Waals surface area contributed by atoms with Gasteiger partial charge in [0.1, 0.15) is 18.9 Å². The van der Waals surface area contributed by atoms with Gasteiger partial charge in [0, 0.05) is 15.7 Å². The van der Waals surface area contributed by atoms with E-state index in [9.17, 15) is 9.59 Å². The molecular formula is C19H20ClNO4S. The monoisotopic (exact) mass is 393 g/mol. The fraction of sp³-hybridized carbons (Fsp3) is 0.263. The first-order chi connectivity index (χ1) is 12.6. The third-order valence-electron chi connectivity index (χ3n) is 3.25. The van der Waals surface area contributed by atoms with Crippen LogP contribution in [0.2, 0.25) is 5.02 Å². The summed E-state index contributed by atoms with van der Waals surface area (Å²) in [7, 11) is 0. The fourth-order valence-electron chi connectivity index (χ4n) is 2.08. The van der Waals surface area contributed by atoms with Crippen molar-refractivity contribution in [2.24, 2.45) is 0 Å². The number of nitrogens with one attached hydrogen (secondary N) is 1. The normalized spacial score (nSPS) is 10.2. The summed E-state index contributed by atoms with van der Waals surface area (Å²) in [4.78, 5) is 25.0. The van der Waals surface area contributed by atoms with Crippen LogP contribution in [-0.4, -0.2) is 37.4 Å². The smallest absolute Gasteiger partial charge is 0.325 e. The Kier molecular flexibility index (Phi) is 8.31. The van der Waals surface area contributed by atoms with E-state index in [4.69, 9.17) is 21.1 Å². The molecule has 0 saturated carbocycles. The average Bonchev–Trinajstić information content (AvgIpc) is 2.65. The second-order valence-corrected chi connectivity index (χ2v) is 6.74. The van der Waals surface area contributed by atoms with E-state index in [1.54, 1.807) is 36.0 Å². The van der Waals surface area contributed by atoms with Gasteiger partial charge in [-0.25, -0.2) is 0 Å². The molecule has 2 rings (SSSR count). The molecule has 0 bridgehead atoms. The molecule has 0 heterocycles. The zero-order valence-corrected chi connectivity index (χ0v) is 15.9. The molecule has 1 N–H and O–H groups in total. The topological polar surface area (TPSA) is 64.6 Å². The van der Waals surface area contributed by atoms with Crippen molar-refractivity contribution in [1.29, 1.82) is 0 Å². The van der Waals surface area contributed by atoms with Gasteiger partial charge in [0.05, 0.1) is 12.2 Å². The number of ether oxygens (including phenoxy) is 2. The van der Waals surface area contributed by atoms with Crippen molar-refractivity contribution in [2.45, 2.75) is 11.8 Å². The Bertz CT molecular complexity index is 737. The van der Waals surface area contributed by atoms with Crippen molar-refractivity contribution in [2.75, 3.05) is 25.5 Å². The first kappa shape index (κ1) is 20.1. The number of benzene rings is 2. The molecule has 0 fully saturated rings. The predicted octanol–water partition coefficient (Wildman–Crippen LogP) is 3.80. The standard InChI is InChI=1S/C19H20ClNO4S/c1-2-24-17-6-4-3-5-16(17)19(23)21-13-18(22)25-11-12-26-15-9-7-14(20)8-10-15/h3-10H,2,11-13H2,1H3,(H,21,23). The van der Waals surface area contributed by atoms with E-state index < -0.39 is 5.97 Å². The maximum Gasteiger partial charge on any atom is 0.325 e. The molecule has 2 aromatic carbocycles. The molecule has 0 atom stereocenters. The van der Waals surface area contributed by atoms with Gasteiger partial charge in [0.15, 0.2) is 0 Å². The van der Waals surface area contributed by atoms with Crippen molar-refractivity contribution >= 4 is 35.2 Å². The lowest BCUT2D eigenvalue weighted by Gasteiger charge is -2.10. The minimum absolute atomic E-state index is 0.190. The summed E-state index contributed by atoms with van der Waals surface area (Å²) in [5, 5.41) is 3.23. The van der Waals surface area contributed by atoms with Crippen LogP contribution in [0.3, 0.4) is 0 Å². The van der Waals surface area contributed by atoms with E-state index in [-0.39, 0.29) is 19.1 Å². The van der Waals surface area contributed by atoms with E-state index in [2.05, 4.69) is 5.32 Å². The molecule has 2 aromatic rings.